The highest BCUT2D eigenvalue weighted by Gasteiger charge is 1.98. The van der Waals surface area contributed by atoms with Gasteiger partial charge in [0, 0.05) is 12.6 Å². The molecule has 0 unspecified atom stereocenters. The molecule has 1 heterocycles. The zero-order valence-corrected chi connectivity index (χ0v) is 5.92. The van der Waals surface area contributed by atoms with E-state index in [1.165, 1.54) is 6.20 Å². The van der Waals surface area contributed by atoms with E-state index in [0.717, 1.165) is 6.20 Å². The molecule has 0 saturated carbocycles. The molecular weight excluding hydrogens is 143 g/mol. The van der Waals surface area contributed by atoms with Crippen molar-refractivity contribution < 1.29 is 4.39 Å². The Bertz CT molecular complexity index is 278. The van der Waals surface area contributed by atoms with Crippen LogP contribution >= 0.6 is 0 Å². The third-order valence-electron chi connectivity index (χ3n) is 1.36. The number of nitrogens with zero attached hydrogens (tertiary/aromatic N) is 2. The van der Waals surface area contributed by atoms with E-state index < -0.39 is 0 Å². The van der Waals surface area contributed by atoms with Crippen molar-refractivity contribution in [2.45, 2.75) is 12.8 Å². The maximum Gasteiger partial charge on any atom is 0.144 e. The van der Waals surface area contributed by atoms with Crippen LogP contribution in [0.4, 0.5) is 4.39 Å². The molecule has 1 rings (SSSR count). The average molecular weight is 150 g/mol. The molecule has 1 aromatic heterocycles. The van der Waals surface area contributed by atoms with Gasteiger partial charge >= 0.3 is 0 Å². The van der Waals surface area contributed by atoms with Gasteiger partial charge in [-0.25, -0.2) is 4.39 Å². The number of aromatic nitrogens is 1. The number of aryl methyl sites for hydroxylation is 1. The smallest absolute Gasteiger partial charge is 0.144 e. The van der Waals surface area contributed by atoms with E-state index in [1.54, 1.807) is 6.07 Å². The Morgan fingerprint density at radius 2 is 2.45 bits per heavy atom. The largest absolute Gasteiger partial charge is 0.262 e. The second-order valence-corrected chi connectivity index (χ2v) is 2.13. The Morgan fingerprint density at radius 3 is 3.09 bits per heavy atom. The van der Waals surface area contributed by atoms with E-state index in [0.29, 0.717) is 18.4 Å². The fourth-order valence-corrected chi connectivity index (χ4v) is 0.797. The molecule has 0 bridgehead atoms. The Morgan fingerprint density at radius 1 is 1.64 bits per heavy atom. The van der Waals surface area contributed by atoms with Crippen molar-refractivity contribution in [3.05, 3.63) is 29.8 Å². The van der Waals surface area contributed by atoms with E-state index in [1.807, 2.05) is 6.07 Å². The molecule has 0 saturated heterocycles. The van der Waals surface area contributed by atoms with Gasteiger partial charge in [-0.1, -0.05) is 0 Å². The van der Waals surface area contributed by atoms with Crippen LogP contribution in [-0.2, 0) is 6.42 Å². The van der Waals surface area contributed by atoms with Gasteiger partial charge in [-0.15, -0.1) is 0 Å². The van der Waals surface area contributed by atoms with Crippen molar-refractivity contribution in [3.63, 3.8) is 0 Å². The Hall–Kier alpha value is -1.43. The quantitative estimate of drug-likeness (QED) is 0.643. The number of pyridine rings is 1. The summed E-state index contributed by atoms with van der Waals surface area (Å²) in [4.78, 5) is 3.60. The second-order valence-electron chi connectivity index (χ2n) is 2.13. The minimum atomic E-state index is -0.331. The topological polar surface area (TPSA) is 36.7 Å². The van der Waals surface area contributed by atoms with Crippen LogP contribution in [0, 0.1) is 17.1 Å². The lowest BCUT2D eigenvalue weighted by Crippen LogP contribution is -1.89. The molecule has 0 aliphatic heterocycles. The number of hydrogen-bond acceptors (Lipinski definition) is 2. The van der Waals surface area contributed by atoms with Crippen LogP contribution in [0.25, 0.3) is 0 Å². The van der Waals surface area contributed by atoms with Crippen molar-refractivity contribution in [2.75, 3.05) is 0 Å². The molecule has 0 aliphatic carbocycles. The van der Waals surface area contributed by atoms with Crippen LogP contribution in [0.5, 0.6) is 0 Å². The Labute approximate surface area is 64.3 Å². The maximum atomic E-state index is 12.7. The summed E-state index contributed by atoms with van der Waals surface area (Å²) in [7, 11) is 0. The Balaban J connectivity index is 2.71. The minimum absolute atomic E-state index is 0.331. The van der Waals surface area contributed by atoms with Gasteiger partial charge in [-0.2, -0.15) is 5.26 Å². The lowest BCUT2D eigenvalue weighted by atomic mass is 10.1. The highest BCUT2D eigenvalue weighted by molar-refractivity contribution is 5.13. The summed E-state index contributed by atoms with van der Waals surface area (Å²) in [6.45, 7) is 0. The van der Waals surface area contributed by atoms with Gasteiger partial charge in [0.05, 0.1) is 12.3 Å². The molecule has 0 spiro atoms. The molecule has 0 aliphatic rings. The van der Waals surface area contributed by atoms with Crippen molar-refractivity contribution in [1.82, 2.24) is 4.98 Å². The summed E-state index contributed by atoms with van der Waals surface area (Å²) in [5.41, 5.74) is 0.557. The van der Waals surface area contributed by atoms with E-state index in [4.69, 9.17) is 5.26 Å². The lowest BCUT2D eigenvalue weighted by molar-refractivity contribution is 0.603. The van der Waals surface area contributed by atoms with Crippen molar-refractivity contribution >= 4 is 0 Å². The second kappa shape index (κ2) is 3.67. The summed E-state index contributed by atoms with van der Waals surface area (Å²) in [6.07, 6.45) is 3.49. The molecular formula is C8H7FN2. The zero-order chi connectivity index (χ0) is 8.10. The zero-order valence-electron chi connectivity index (χ0n) is 5.92. The van der Waals surface area contributed by atoms with Gasteiger partial charge in [-0.3, -0.25) is 4.98 Å². The summed E-state index contributed by atoms with van der Waals surface area (Å²) in [6, 6.07) is 3.55. The van der Waals surface area contributed by atoms with Gasteiger partial charge in [0.15, 0.2) is 0 Å². The van der Waals surface area contributed by atoms with Crippen LogP contribution in [0.15, 0.2) is 18.5 Å². The first kappa shape index (κ1) is 7.67. The maximum absolute atomic E-state index is 12.7. The molecule has 0 amide bonds. The standard InChI is InChI=1S/C8H7FN2/c9-8-6-11-5-3-7(8)2-1-4-10/h3,5-6H,1-2H2. The molecule has 0 radical (unpaired) electrons. The Kier molecular flexibility index (Phi) is 2.56. The van der Waals surface area contributed by atoms with Crippen molar-refractivity contribution in [3.8, 4) is 6.07 Å². The van der Waals surface area contributed by atoms with Gasteiger partial charge in [0.2, 0.25) is 0 Å². The van der Waals surface area contributed by atoms with Crippen LogP contribution in [0.2, 0.25) is 0 Å². The molecule has 11 heavy (non-hydrogen) atoms. The molecule has 0 aromatic carbocycles. The van der Waals surface area contributed by atoms with Crippen LogP contribution in [-0.4, -0.2) is 4.98 Å². The summed E-state index contributed by atoms with van der Waals surface area (Å²) in [5, 5.41) is 8.23. The van der Waals surface area contributed by atoms with E-state index in [2.05, 4.69) is 4.98 Å². The van der Waals surface area contributed by atoms with E-state index in [9.17, 15) is 4.39 Å². The third-order valence-corrected chi connectivity index (χ3v) is 1.36. The van der Waals surface area contributed by atoms with Crippen LogP contribution < -0.4 is 0 Å². The van der Waals surface area contributed by atoms with Crippen LogP contribution in [0.1, 0.15) is 12.0 Å². The first-order chi connectivity index (χ1) is 5.34. The first-order valence-corrected chi connectivity index (χ1v) is 3.30. The average Bonchev–Trinajstić information content (AvgIpc) is 2.03. The number of rotatable bonds is 2. The number of hydrogen-bond donors (Lipinski definition) is 0. The molecule has 0 fully saturated rings. The SMILES string of the molecule is N#CCCc1ccncc1F. The number of nitriles is 1. The predicted molar refractivity (Wildman–Crippen MR) is 38.1 cm³/mol. The number of halogens is 1. The molecule has 2 nitrogen and oxygen atoms in total. The summed E-state index contributed by atoms with van der Waals surface area (Å²) >= 11 is 0. The normalized spacial score (nSPS) is 9.09. The monoisotopic (exact) mass is 150 g/mol. The third kappa shape index (κ3) is 2.01. The van der Waals surface area contributed by atoms with Gasteiger partial charge in [0.25, 0.3) is 0 Å². The predicted octanol–water partition coefficient (Wildman–Crippen LogP) is 1.68. The fraction of sp³-hybridized carbons (Fsp3) is 0.250. The van der Waals surface area contributed by atoms with Gasteiger partial charge in [-0.05, 0) is 18.1 Å². The molecule has 1 aromatic rings. The van der Waals surface area contributed by atoms with Crippen molar-refractivity contribution in [1.29, 1.82) is 5.26 Å². The highest BCUT2D eigenvalue weighted by atomic mass is 19.1. The lowest BCUT2D eigenvalue weighted by Gasteiger charge is -1.96. The van der Waals surface area contributed by atoms with Gasteiger partial charge in [0.1, 0.15) is 5.82 Å². The van der Waals surface area contributed by atoms with Crippen LogP contribution in [0.3, 0.4) is 0 Å². The van der Waals surface area contributed by atoms with E-state index >= 15 is 0 Å². The highest BCUT2D eigenvalue weighted by Crippen LogP contribution is 2.06. The van der Waals surface area contributed by atoms with Gasteiger partial charge < -0.3 is 0 Å². The molecule has 56 valence electrons. The molecule has 0 N–H and O–H groups in total. The molecule has 3 heteroatoms. The minimum Gasteiger partial charge on any atom is -0.262 e. The first-order valence-electron chi connectivity index (χ1n) is 3.30. The van der Waals surface area contributed by atoms with Crippen molar-refractivity contribution in [2.24, 2.45) is 0 Å². The van der Waals surface area contributed by atoms with E-state index in [-0.39, 0.29) is 5.82 Å². The summed E-state index contributed by atoms with van der Waals surface area (Å²) < 4.78 is 12.7. The fourth-order valence-electron chi connectivity index (χ4n) is 0.797. The summed E-state index contributed by atoms with van der Waals surface area (Å²) in [5.74, 6) is -0.331. The molecule has 0 atom stereocenters.